The molecule has 2 nitrogen and oxygen atoms in total. The van der Waals surface area contributed by atoms with Gasteiger partial charge in [-0.15, -0.1) is 11.6 Å². The quantitative estimate of drug-likeness (QED) is 0.779. The lowest BCUT2D eigenvalue weighted by Crippen LogP contribution is -1.98. The van der Waals surface area contributed by atoms with E-state index in [1.54, 1.807) is 6.07 Å². The smallest absolute Gasteiger partial charge is 0.119 e. The highest BCUT2D eigenvalue weighted by molar-refractivity contribution is 6.17. The maximum atomic E-state index is 8.96. The predicted octanol–water partition coefficient (Wildman–Crippen LogP) is 3.88. The Morgan fingerprint density at radius 1 is 1.06 bits per heavy atom. The first kappa shape index (κ1) is 12.5. The largest absolute Gasteiger partial charge is 0.489 e. The van der Waals surface area contributed by atoms with Gasteiger partial charge in [0.1, 0.15) is 12.4 Å². The zero-order chi connectivity index (χ0) is 12.8. The van der Waals surface area contributed by atoms with Crippen LogP contribution < -0.4 is 4.74 Å². The molecule has 18 heavy (non-hydrogen) atoms. The molecule has 2 aromatic rings. The third-order valence-corrected chi connectivity index (χ3v) is 2.92. The molecule has 2 rings (SSSR count). The van der Waals surface area contributed by atoms with Crippen LogP contribution in [0.5, 0.6) is 5.75 Å². The summed E-state index contributed by atoms with van der Waals surface area (Å²) in [6.07, 6.45) is 0. The Balaban J connectivity index is 2.05. The molecule has 2 aromatic carbocycles. The van der Waals surface area contributed by atoms with E-state index in [4.69, 9.17) is 21.6 Å². The van der Waals surface area contributed by atoms with Crippen molar-refractivity contribution in [3.8, 4) is 11.8 Å². The second kappa shape index (κ2) is 6.09. The fourth-order valence-electron chi connectivity index (χ4n) is 1.59. The van der Waals surface area contributed by atoms with Crippen molar-refractivity contribution in [2.75, 3.05) is 0 Å². The van der Waals surface area contributed by atoms with Crippen molar-refractivity contribution in [2.24, 2.45) is 0 Å². The van der Waals surface area contributed by atoms with Gasteiger partial charge in [-0.25, -0.2) is 0 Å². The van der Waals surface area contributed by atoms with E-state index < -0.39 is 0 Å². The van der Waals surface area contributed by atoms with Crippen molar-refractivity contribution < 1.29 is 4.74 Å². The van der Waals surface area contributed by atoms with Gasteiger partial charge in [-0.1, -0.05) is 30.3 Å². The Bertz CT molecular complexity index is 557. The van der Waals surface area contributed by atoms with E-state index in [1.165, 1.54) is 0 Å². The summed E-state index contributed by atoms with van der Waals surface area (Å²) in [5, 5.41) is 8.96. The molecule has 0 radical (unpaired) electrons. The number of benzene rings is 2. The number of ether oxygens (including phenoxy) is 1. The second-order valence-corrected chi connectivity index (χ2v) is 4.10. The molecule has 0 unspecified atom stereocenters. The summed E-state index contributed by atoms with van der Waals surface area (Å²) >= 11 is 5.71. The van der Waals surface area contributed by atoms with Crippen LogP contribution in [0.4, 0.5) is 0 Å². The SMILES string of the molecule is N#Cc1ccccc1COc1ccc(CCl)cc1. The lowest BCUT2D eigenvalue weighted by Gasteiger charge is -2.07. The van der Waals surface area contributed by atoms with Crippen LogP contribution in [0.2, 0.25) is 0 Å². The maximum absolute atomic E-state index is 8.96. The average Bonchev–Trinajstić information content (AvgIpc) is 2.46. The summed E-state index contributed by atoms with van der Waals surface area (Å²) < 4.78 is 5.64. The van der Waals surface area contributed by atoms with Crippen molar-refractivity contribution in [3.05, 3.63) is 65.2 Å². The summed E-state index contributed by atoms with van der Waals surface area (Å²) in [5.41, 5.74) is 2.60. The summed E-state index contributed by atoms with van der Waals surface area (Å²) in [5.74, 6) is 1.27. The lowest BCUT2D eigenvalue weighted by atomic mass is 10.1. The van der Waals surface area contributed by atoms with Crippen molar-refractivity contribution in [3.63, 3.8) is 0 Å². The van der Waals surface area contributed by atoms with E-state index in [1.807, 2.05) is 42.5 Å². The minimum Gasteiger partial charge on any atom is -0.489 e. The van der Waals surface area contributed by atoms with E-state index in [-0.39, 0.29) is 0 Å². The van der Waals surface area contributed by atoms with Crippen molar-refractivity contribution >= 4 is 11.6 Å². The van der Waals surface area contributed by atoms with Crippen molar-refractivity contribution in [1.82, 2.24) is 0 Å². The van der Waals surface area contributed by atoms with E-state index >= 15 is 0 Å². The molecule has 0 saturated carbocycles. The van der Waals surface area contributed by atoms with Crippen LogP contribution in [0.25, 0.3) is 0 Å². The van der Waals surface area contributed by atoms with Gasteiger partial charge in [-0.3, -0.25) is 0 Å². The maximum Gasteiger partial charge on any atom is 0.119 e. The molecule has 0 aliphatic rings. The van der Waals surface area contributed by atoms with Gasteiger partial charge in [0.25, 0.3) is 0 Å². The molecular weight excluding hydrogens is 246 g/mol. The molecular formula is C15H12ClNO. The average molecular weight is 258 g/mol. The van der Waals surface area contributed by atoms with E-state index in [0.717, 1.165) is 16.9 Å². The molecule has 0 bridgehead atoms. The number of halogens is 1. The minimum absolute atomic E-state index is 0.393. The third-order valence-electron chi connectivity index (χ3n) is 2.61. The van der Waals surface area contributed by atoms with Gasteiger partial charge in [-0.2, -0.15) is 5.26 Å². The summed E-state index contributed by atoms with van der Waals surface area (Å²) in [4.78, 5) is 0. The topological polar surface area (TPSA) is 33.0 Å². The summed E-state index contributed by atoms with van der Waals surface area (Å²) in [7, 11) is 0. The third kappa shape index (κ3) is 3.03. The summed E-state index contributed by atoms with van der Waals surface area (Å²) in [6.45, 7) is 0.393. The Morgan fingerprint density at radius 2 is 1.78 bits per heavy atom. The minimum atomic E-state index is 0.393. The Morgan fingerprint density at radius 3 is 2.44 bits per heavy atom. The van der Waals surface area contributed by atoms with Gasteiger partial charge in [0.15, 0.2) is 0 Å². The van der Waals surface area contributed by atoms with Gasteiger partial charge in [0, 0.05) is 11.4 Å². The number of nitrogens with zero attached hydrogens (tertiary/aromatic N) is 1. The molecule has 0 fully saturated rings. The van der Waals surface area contributed by atoms with E-state index in [9.17, 15) is 0 Å². The van der Waals surface area contributed by atoms with Crippen LogP contribution in [0.1, 0.15) is 16.7 Å². The lowest BCUT2D eigenvalue weighted by molar-refractivity contribution is 0.306. The molecule has 0 atom stereocenters. The Hall–Kier alpha value is -1.98. The molecule has 0 saturated heterocycles. The zero-order valence-electron chi connectivity index (χ0n) is 9.77. The number of nitriles is 1. The van der Waals surface area contributed by atoms with Crippen LogP contribution in [0, 0.1) is 11.3 Å². The van der Waals surface area contributed by atoms with Gasteiger partial charge in [0.05, 0.1) is 11.6 Å². The number of hydrogen-bond acceptors (Lipinski definition) is 2. The second-order valence-electron chi connectivity index (χ2n) is 3.84. The standard InChI is InChI=1S/C15H12ClNO/c16-9-12-5-7-15(8-6-12)18-11-14-4-2-1-3-13(14)10-17/h1-8H,9,11H2. The van der Waals surface area contributed by atoms with Gasteiger partial charge >= 0.3 is 0 Å². The first-order chi connectivity index (χ1) is 8.83. The van der Waals surface area contributed by atoms with E-state index in [0.29, 0.717) is 18.1 Å². The number of alkyl halides is 1. The molecule has 0 aromatic heterocycles. The van der Waals surface area contributed by atoms with Crippen LogP contribution in [-0.4, -0.2) is 0 Å². The molecule has 0 spiro atoms. The Labute approximate surface area is 111 Å². The highest BCUT2D eigenvalue weighted by Gasteiger charge is 2.01. The predicted molar refractivity (Wildman–Crippen MR) is 71.5 cm³/mol. The van der Waals surface area contributed by atoms with Crippen molar-refractivity contribution in [1.29, 1.82) is 5.26 Å². The highest BCUT2D eigenvalue weighted by Crippen LogP contribution is 2.16. The number of hydrogen-bond donors (Lipinski definition) is 0. The normalized spacial score (nSPS) is 9.78. The van der Waals surface area contributed by atoms with Gasteiger partial charge in [0.2, 0.25) is 0 Å². The molecule has 90 valence electrons. The first-order valence-corrected chi connectivity index (χ1v) is 6.12. The van der Waals surface area contributed by atoms with Crippen molar-refractivity contribution in [2.45, 2.75) is 12.5 Å². The molecule has 0 heterocycles. The van der Waals surface area contributed by atoms with Crippen LogP contribution in [0.15, 0.2) is 48.5 Å². The zero-order valence-corrected chi connectivity index (χ0v) is 10.5. The van der Waals surface area contributed by atoms with E-state index in [2.05, 4.69) is 6.07 Å². The Kier molecular flexibility index (Phi) is 4.22. The number of rotatable bonds is 4. The van der Waals surface area contributed by atoms with Gasteiger partial charge < -0.3 is 4.74 Å². The molecule has 3 heteroatoms. The fraction of sp³-hybridized carbons (Fsp3) is 0.133. The fourth-order valence-corrected chi connectivity index (χ4v) is 1.77. The van der Waals surface area contributed by atoms with Crippen LogP contribution in [0.3, 0.4) is 0 Å². The summed E-state index contributed by atoms with van der Waals surface area (Å²) in [6, 6.07) is 17.2. The highest BCUT2D eigenvalue weighted by atomic mass is 35.5. The molecule has 0 aliphatic heterocycles. The van der Waals surface area contributed by atoms with Crippen LogP contribution in [-0.2, 0) is 12.5 Å². The molecule has 0 amide bonds. The van der Waals surface area contributed by atoms with Gasteiger partial charge in [-0.05, 0) is 23.8 Å². The monoisotopic (exact) mass is 257 g/mol. The first-order valence-electron chi connectivity index (χ1n) is 5.59. The molecule has 0 N–H and O–H groups in total. The van der Waals surface area contributed by atoms with Crippen LogP contribution >= 0.6 is 11.6 Å². The molecule has 0 aliphatic carbocycles.